The van der Waals surface area contributed by atoms with Gasteiger partial charge in [-0.25, -0.2) is 0 Å². The minimum Gasteiger partial charge on any atom is -0.333 e. The Hall–Kier alpha value is -0.970. The van der Waals surface area contributed by atoms with E-state index in [0.717, 1.165) is 18.7 Å². The Labute approximate surface area is 138 Å². The summed E-state index contributed by atoms with van der Waals surface area (Å²) in [6.45, 7) is 8.18. The molecule has 0 radical (unpaired) electrons. The highest BCUT2D eigenvalue weighted by Crippen LogP contribution is 2.69. The average molecular weight is 314 g/mol. The first-order chi connectivity index (χ1) is 10.9. The van der Waals surface area contributed by atoms with Gasteiger partial charge in [0.2, 0.25) is 0 Å². The number of nitrogens with zero attached hydrogens (tertiary/aromatic N) is 2. The standard InChI is InChI=1S/C19H26N2O2/c1-17-10-18(2)12-19(3,11-17)16-22-14(17)21(15(18)23-16)9-7-13-6-4-5-8-20-13/h4-6,8,14-16H,7,9-12H2,1-3H3. The molecule has 4 nitrogen and oxygen atoms in total. The van der Waals surface area contributed by atoms with E-state index in [4.69, 9.17) is 9.47 Å². The highest BCUT2D eigenvalue weighted by atomic mass is 16.7. The van der Waals surface area contributed by atoms with Crippen LogP contribution in [-0.2, 0) is 15.9 Å². The van der Waals surface area contributed by atoms with E-state index in [-0.39, 0.29) is 35.0 Å². The fourth-order valence-corrected chi connectivity index (χ4v) is 6.50. The van der Waals surface area contributed by atoms with Crippen molar-refractivity contribution in [2.45, 2.75) is 65.2 Å². The number of hydrogen-bond acceptors (Lipinski definition) is 4. The van der Waals surface area contributed by atoms with Gasteiger partial charge in [-0.2, -0.15) is 0 Å². The van der Waals surface area contributed by atoms with Crippen LogP contribution in [0.25, 0.3) is 0 Å². The van der Waals surface area contributed by atoms with E-state index in [1.807, 2.05) is 12.3 Å². The van der Waals surface area contributed by atoms with Crippen molar-refractivity contribution in [3.8, 4) is 0 Å². The van der Waals surface area contributed by atoms with Gasteiger partial charge in [-0.15, -0.1) is 0 Å². The summed E-state index contributed by atoms with van der Waals surface area (Å²) >= 11 is 0. The second-order valence-electron chi connectivity index (χ2n) is 9.11. The van der Waals surface area contributed by atoms with Crippen LogP contribution in [0.5, 0.6) is 0 Å². The fourth-order valence-electron chi connectivity index (χ4n) is 6.50. The summed E-state index contributed by atoms with van der Waals surface area (Å²) in [7, 11) is 0. The van der Waals surface area contributed by atoms with Crippen molar-refractivity contribution in [1.82, 2.24) is 9.88 Å². The number of ether oxygens (including phenoxy) is 2. The molecule has 124 valence electrons. The third-order valence-electron chi connectivity index (χ3n) is 6.64. The van der Waals surface area contributed by atoms with Gasteiger partial charge in [0, 0.05) is 41.1 Å². The largest absolute Gasteiger partial charge is 0.333 e. The second-order valence-corrected chi connectivity index (χ2v) is 9.11. The van der Waals surface area contributed by atoms with Crippen molar-refractivity contribution >= 4 is 0 Å². The molecule has 1 aromatic heterocycles. The summed E-state index contributed by atoms with van der Waals surface area (Å²) < 4.78 is 12.9. The number of pyridine rings is 1. The van der Waals surface area contributed by atoms with Crippen molar-refractivity contribution in [2.75, 3.05) is 6.54 Å². The van der Waals surface area contributed by atoms with Gasteiger partial charge < -0.3 is 9.47 Å². The minimum atomic E-state index is -0.00921. The molecule has 5 fully saturated rings. The lowest BCUT2D eigenvalue weighted by Gasteiger charge is -2.74. The molecule has 23 heavy (non-hydrogen) atoms. The Kier molecular flexibility index (Phi) is 2.72. The van der Waals surface area contributed by atoms with Crippen molar-refractivity contribution in [3.05, 3.63) is 30.1 Å². The first kappa shape index (κ1) is 14.4. The maximum absolute atomic E-state index is 6.44. The highest BCUT2D eigenvalue weighted by Gasteiger charge is 2.71. The van der Waals surface area contributed by atoms with E-state index >= 15 is 0 Å². The second kappa shape index (κ2) is 4.35. The normalized spacial score (nSPS) is 50.7. The lowest BCUT2D eigenvalue weighted by Crippen LogP contribution is -2.78. The summed E-state index contributed by atoms with van der Waals surface area (Å²) in [5, 5.41) is 0. The number of rotatable bonds is 3. The summed E-state index contributed by atoms with van der Waals surface area (Å²) in [5.74, 6) is 0. The molecule has 5 aliphatic rings. The van der Waals surface area contributed by atoms with Crippen LogP contribution in [0.1, 0.15) is 45.7 Å². The smallest absolute Gasteiger partial charge is 0.167 e. The summed E-state index contributed by atoms with van der Waals surface area (Å²) in [6.07, 6.45) is 6.89. The molecule has 0 spiro atoms. The van der Waals surface area contributed by atoms with Gasteiger partial charge in [0.1, 0.15) is 12.5 Å². The summed E-state index contributed by atoms with van der Waals surface area (Å²) in [5.41, 5.74) is 1.85. The van der Waals surface area contributed by atoms with Gasteiger partial charge in [0.25, 0.3) is 0 Å². The molecule has 0 amide bonds. The molecule has 6 rings (SSSR count). The Morgan fingerprint density at radius 2 is 1.70 bits per heavy atom. The van der Waals surface area contributed by atoms with Gasteiger partial charge in [0.05, 0.1) is 0 Å². The third kappa shape index (κ3) is 1.86. The van der Waals surface area contributed by atoms with Crippen LogP contribution in [-0.4, -0.2) is 35.2 Å². The van der Waals surface area contributed by atoms with Crippen LogP contribution < -0.4 is 0 Å². The Bertz CT molecular complexity index is 600. The molecule has 4 heteroatoms. The topological polar surface area (TPSA) is 34.6 Å². The molecule has 5 heterocycles. The molecule has 0 N–H and O–H groups in total. The van der Waals surface area contributed by atoms with Gasteiger partial charge in [-0.1, -0.05) is 26.8 Å². The van der Waals surface area contributed by atoms with E-state index in [2.05, 4.69) is 42.8 Å². The predicted molar refractivity (Wildman–Crippen MR) is 86.4 cm³/mol. The quantitative estimate of drug-likeness (QED) is 0.858. The first-order valence-electron chi connectivity index (χ1n) is 8.89. The van der Waals surface area contributed by atoms with Crippen molar-refractivity contribution in [3.63, 3.8) is 0 Å². The van der Waals surface area contributed by atoms with Gasteiger partial charge in [-0.05, 0) is 31.4 Å². The van der Waals surface area contributed by atoms with Crippen LogP contribution in [0.15, 0.2) is 24.4 Å². The first-order valence-corrected chi connectivity index (χ1v) is 8.89. The molecule has 4 saturated heterocycles. The van der Waals surface area contributed by atoms with Crippen molar-refractivity contribution < 1.29 is 9.47 Å². The Morgan fingerprint density at radius 1 is 1.04 bits per heavy atom. The van der Waals surface area contributed by atoms with Gasteiger partial charge in [-0.3, -0.25) is 9.88 Å². The molecule has 4 aliphatic heterocycles. The van der Waals surface area contributed by atoms with Gasteiger partial charge in [0.15, 0.2) is 6.29 Å². The van der Waals surface area contributed by atoms with Crippen molar-refractivity contribution in [1.29, 1.82) is 0 Å². The van der Waals surface area contributed by atoms with E-state index in [9.17, 15) is 0 Å². The summed E-state index contributed by atoms with van der Waals surface area (Å²) in [6, 6.07) is 6.15. The third-order valence-corrected chi connectivity index (χ3v) is 6.64. The molecular weight excluding hydrogens is 288 g/mol. The monoisotopic (exact) mass is 314 g/mol. The maximum atomic E-state index is 6.44. The predicted octanol–water partition coefficient (Wildman–Crippen LogP) is 3.18. The van der Waals surface area contributed by atoms with Gasteiger partial charge >= 0.3 is 0 Å². The van der Waals surface area contributed by atoms with Crippen LogP contribution in [0.4, 0.5) is 0 Å². The van der Waals surface area contributed by atoms with Crippen LogP contribution in [0.3, 0.4) is 0 Å². The van der Waals surface area contributed by atoms with E-state index in [1.165, 1.54) is 19.3 Å². The summed E-state index contributed by atoms with van der Waals surface area (Å²) in [4.78, 5) is 6.96. The lowest BCUT2D eigenvalue weighted by molar-refractivity contribution is -0.474. The van der Waals surface area contributed by atoms with Crippen LogP contribution in [0.2, 0.25) is 0 Å². The number of aromatic nitrogens is 1. The van der Waals surface area contributed by atoms with Crippen molar-refractivity contribution in [2.24, 2.45) is 16.2 Å². The lowest BCUT2D eigenvalue weighted by atomic mass is 9.48. The van der Waals surface area contributed by atoms with E-state index < -0.39 is 0 Å². The molecule has 1 aromatic rings. The SMILES string of the molecule is CC12CC3(C)CC(C)(C1)C1OC2OC3N1CCc1ccccn1. The Morgan fingerprint density at radius 3 is 2.30 bits per heavy atom. The molecule has 1 saturated carbocycles. The number of piperidine rings is 1. The fraction of sp³-hybridized carbons (Fsp3) is 0.737. The zero-order valence-electron chi connectivity index (χ0n) is 14.3. The number of hydrogen-bond donors (Lipinski definition) is 0. The highest BCUT2D eigenvalue weighted by molar-refractivity contribution is 5.15. The zero-order valence-corrected chi connectivity index (χ0v) is 14.3. The maximum Gasteiger partial charge on any atom is 0.167 e. The van der Waals surface area contributed by atoms with Crippen LogP contribution >= 0.6 is 0 Å². The zero-order chi connectivity index (χ0) is 15.9. The average Bonchev–Trinajstić information content (AvgIpc) is 2.50. The minimum absolute atomic E-state index is 0.00921. The molecule has 1 aliphatic carbocycles. The Balaban J connectivity index is 1.46. The molecular formula is C19H26N2O2. The molecule has 0 aromatic carbocycles. The van der Waals surface area contributed by atoms with E-state index in [0.29, 0.717) is 0 Å². The van der Waals surface area contributed by atoms with Crippen LogP contribution in [0, 0.1) is 16.2 Å². The molecule has 4 unspecified atom stereocenters. The molecule has 6 bridgehead atoms. The van der Waals surface area contributed by atoms with E-state index in [1.54, 1.807) is 0 Å². The molecule has 4 atom stereocenters.